The summed E-state index contributed by atoms with van der Waals surface area (Å²) in [6, 6.07) is 6.20. The van der Waals surface area contributed by atoms with E-state index in [1.807, 2.05) is 12.1 Å². The van der Waals surface area contributed by atoms with Crippen LogP contribution in [-0.2, 0) is 6.54 Å². The second-order valence-corrected chi connectivity index (χ2v) is 4.29. The summed E-state index contributed by atoms with van der Waals surface area (Å²) in [7, 11) is 0. The van der Waals surface area contributed by atoms with E-state index in [-0.39, 0.29) is 0 Å². The van der Waals surface area contributed by atoms with Crippen LogP contribution < -0.4 is 10.1 Å². The Morgan fingerprint density at radius 1 is 1.44 bits per heavy atom. The van der Waals surface area contributed by atoms with Gasteiger partial charge in [0.05, 0.1) is 6.61 Å². The highest BCUT2D eigenvalue weighted by atomic mass is 16.5. The fraction of sp³-hybridized carbons (Fsp3) is 0.538. The van der Waals surface area contributed by atoms with E-state index in [1.165, 1.54) is 12.8 Å². The van der Waals surface area contributed by atoms with E-state index in [4.69, 9.17) is 4.74 Å². The van der Waals surface area contributed by atoms with Crippen molar-refractivity contribution in [3.8, 4) is 11.5 Å². The minimum absolute atomic E-state index is 0.321. The van der Waals surface area contributed by atoms with Gasteiger partial charge in [-0.15, -0.1) is 0 Å². The molecule has 0 aliphatic heterocycles. The smallest absolute Gasteiger partial charge is 0.123 e. The molecule has 0 spiro atoms. The van der Waals surface area contributed by atoms with Crippen LogP contribution in [0.25, 0.3) is 0 Å². The normalized spacial score (nSPS) is 15.1. The number of hydrogen-bond acceptors (Lipinski definition) is 3. The van der Waals surface area contributed by atoms with Gasteiger partial charge >= 0.3 is 0 Å². The van der Waals surface area contributed by atoms with Crippen LogP contribution in [0.1, 0.15) is 31.7 Å². The quantitative estimate of drug-likeness (QED) is 0.775. The van der Waals surface area contributed by atoms with Crippen molar-refractivity contribution in [2.75, 3.05) is 6.61 Å². The molecule has 3 heteroatoms. The van der Waals surface area contributed by atoms with E-state index in [1.54, 1.807) is 6.07 Å². The third-order valence-electron chi connectivity index (χ3n) is 2.69. The topological polar surface area (TPSA) is 41.5 Å². The molecule has 0 radical (unpaired) electrons. The number of aromatic hydroxyl groups is 1. The van der Waals surface area contributed by atoms with E-state index < -0.39 is 0 Å². The van der Waals surface area contributed by atoms with E-state index in [0.717, 1.165) is 24.3 Å². The fourth-order valence-electron chi connectivity index (χ4n) is 1.54. The first-order chi connectivity index (χ1) is 7.79. The predicted molar refractivity (Wildman–Crippen MR) is 63.8 cm³/mol. The molecule has 0 amide bonds. The van der Waals surface area contributed by atoms with Crippen LogP contribution in [0, 0.1) is 0 Å². The van der Waals surface area contributed by atoms with Crippen molar-refractivity contribution >= 4 is 0 Å². The first-order valence-corrected chi connectivity index (χ1v) is 5.97. The molecular weight excluding hydrogens is 202 g/mol. The maximum absolute atomic E-state index is 9.80. The lowest BCUT2D eigenvalue weighted by Crippen LogP contribution is -2.15. The third-order valence-corrected chi connectivity index (χ3v) is 2.69. The van der Waals surface area contributed by atoms with Crippen LogP contribution in [0.5, 0.6) is 11.5 Å². The van der Waals surface area contributed by atoms with Gasteiger partial charge in [0, 0.05) is 24.2 Å². The van der Waals surface area contributed by atoms with Crippen molar-refractivity contribution in [2.45, 2.75) is 38.8 Å². The lowest BCUT2D eigenvalue weighted by molar-refractivity contribution is 0.315. The number of nitrogens with one attached hydrogen (secondary N) is 1. The van der Waals surface area contributed by atoms with Gasteiger partial charge in [0.25, 0.3) is 0 Å². The summed E-state index contributed by atoms with van der Waals surface area (Å²) in [4.78, 5) is 0. The van der Waals surface area contributed by atoms with Crippen LogP contribution in [0.15, 0.2) is 18.2 Å². The summed E-state index contributed by atoms with van der Waals surface area (Å²) >= 11 is 0. The Labute approximate surface area is 96.4 Å². The molecule has 2 N–H and O–H groups in total. The number of rotatable bonds is 6. The molecule has 0 saturated heterocycles. The molecule has 0 atom stereocenters. The maximum atomic E-state index is 9.80. The van der Waals surface area contributed by atoms with Gasteiger partial charge in [-0.1, -0.05) is 13.0 Å². The van der Waals surface area contributed by atoms with Gasteiger partial charge in [0.2, 0.25) is 0 Å². The Morgan fingerprint density at radius 3 is 2.88 bits per heavy atom. The van der Waals surface area contributed by atoms with E-state index in [2.05, 4.69) is 12.2 Å². The van der Waals surface area contributed by atoms with Crippen molar-refractivity contribution in [1.29, 1.82) is 0 Å². The summed E-state index contributed by atoms with van der Waals surface area (Å²) in [5.74, 6) is 1.07. The first kappa shape index (κ1) is 11.3. The Morgan fingerprint density at radius 2 is 2.25 bits per heavy atom. The van der Waals surface area contributed by atoms with Crippen molar-refractivity contribution in [1.82, 2.24) is 5.32 Å². The van der Waals surface area contributed by atoms with Crippen LogP contribution in [-0.4, -0.2) is 17.8 Å². The highest BCUT2D eigenvalue weighted by Gasteiger charge is 2.20. The molecule has 88 valence electrons. The predicted octanol–water partition coefficient (Wildman–Crippen LogP) is 2.43. The molecule has 1 aromatic rings. The third kappa shape index (κ3) is 3.14. The molecule has 1 fully saturated rings. The summed E-state index contributed by atoms with van der Waals surface area (Å²) in [6.45, 7) is 3.50. The van der Waals surface area contributed by atoms with Crippen molar-refractivity contribution in [3.63, 3.8) is 0 Å². The number of ether oxygens (including phenoxy) is 1. The Kier molecular flexibility index (Phi) is 3.67. The molecular formula is C13H19NO2. The first-order valence-electron chi connectivity index (χ1n) is 5.97. The van der Waals surface area contributed by atoms with Crippen LogP contribution in [0.2, 0.25) is 0 Å². The Bertz CT molecular complexity index is 348. The molecule has 0 aromatic heterocycles. The number of hydrogen-bond donors (Lipinski definition) is 2. The molecule has 1 aliphatic rings. The van der Waals surface area contributed by atoms with Gasteiger partial charge in [-0.3, -0.25) is 0 Å². The largest absolute Gasteiger partial charge is 0.507 e. The highest BCUT2D eigenvalue weighted by Crippen LogP contribution is 2.25. The van der Waals surface area contributed by atoms with Crippen molar-refractivity contribution in [3.05, 3.63) is 23.8 Å². The second kappa shape index (κ2) is 5.21. The average molecular weight is 221 g/mol. The van der Waals surface area contributed by atoms with E-state index in [0.29, 0.717) is 18.4 Å². The lowest BCUT2D eigenvalue weighted by Gasteiger charge is -2.09. The zero-order chi connectivity index (χ0) is 11.4. The fourth-order valence-corrected chi connectivity index (χ4v) is 1.54. The average Bonchev–Trinajstić information content (AvgIpc) is 3.09. The Hall–Kier alpha value is -1.22. The molecule has 2 rings (SSSR count). The van der Waals surface area contributed by atoms with Gasteiger partial charge in [0.15, 0.2) is 0 Å². The minimum atomic E-state index is 0.321. The van der Waals surface area contributed by atoms with E-state index in [9.17, 15) is 5.11 Å². The summed E-state index contributed by atoms with van der Waals surface area (Å²) < 4.78 is 5.45. The maximum Gasteiger partial charge on any atom is 0.123 e. The number of phenolic OH excluding ortho intramolecular Hbond substituents is 1. The monoisotopic (exact) mass is 221 g/mol. The standard InChI is InChI=1S/C13H19NO2/c1-2-7-16-12-6-3-10(13(15)8-12)9-14-11-4-5-11/h3,6,8,11,14-15H,2,4-5,7,9H2,1H3. The molecule has 1 aromatic carbocycles. The van der Waals surface area contributed by atoms with Gasteiger partial charge in [0.1, 0.15) is 11.5 Å². The van der Waals surface area contributed by atoms with E-state index >= 15 is 0 Å². The van der Waals surface area contributed by atoms with Crippen LogP contribution in [0.4, 0.5) is 0 Å². The molecule has 1 aliphatic carbocycles. The van der Waals surface area contributed by atoms with Gasteiger partial charge in [-0.2, -0.15) is 0 Å². The number of phenols is 1. The minimum Gasteiger partial charge on any atom is -0.507 e. The second-order valence-electron chi connectivity index (χ2n) is 4.29. The molecule has 0 unspecified atom stereocenters. The van der Waals surface area contributed by atoms with Crippen molar-refractivity contribution < 1.29 is 9.84 Å². The zero-order valence-corrected chi connectivity index (χ0v) is 9.70. The summed E-state index contributed by atoms with van der Waals surface area (Å²) in [6.07, 6.45) is 3.50. The lowest BCUT2D eigenvalue weighted by atomic mass is 10.2. The SMILES string of the molecule is CCCOc1ccc(CNC2CC2)c(O)c1. The van der Waals surface area contributed by atoms with Gasteiger partial charge in [-0.05, 0) is 25.3 Å². The van der Waals surface area contributed by atoms with Crippen molar-refractivity contribution in [2.24, 2.45) is 0 Å². The molecule has 16 heavy (non-hydrogen) atoms. The molecule has 3 nitrogen and oxygen atoms in total. The molecule has 1 saturated carbocycles. The summed E-state index contributed by atoms with van der Waals surface area (Å²) in [5.41, 5.74) is 0.941. The Balaban J connectivity index is 1.92. The van der Waals surface area contributed by atoms with Crippen LogP contribution in [0.3, 0.4) is 0 Å². The zero-order valence-electron chi connectivity index (χ0n) is 9.70. The molecule has 0 bridgehead atoms. The summed E-state index contributed by atoms with van der Waals surface area (Å²) in [5, 5.41) is 13.2. The molecule has 0 heterocycles. The van der Waals surface area contributed by atoms with Crippen LogP contribution >= 0.6 is 0 Å². The van der Waals surface area contributed by atoms with Gasteiger partial charge < -0.3 is 15.2 Å². The highest BCUT2D eigenvalue weighted by molar-refractivity contribution is 5.39. The number of benzene rings is 1. The van der Waals surface area contributed by atoms with Gasteiger partial charge in [-0.25, -0.2) is 0 Å².